The summed E-state index contributed by atoms with van der Waals surface area (Å²) in [6.45, 7) is 4.23. The maximum Gasteiger partial charge on any atom is 0.225 e. The van der Waals surface area contributed by atoms with E-state index >= 15 is 0 Å². The van der Waals surface area contributed by atoms with E-state index in [0.29, 0.717) is 11.7 Å². The number of anilines is 2. The zero-order chi connectivity index (χ0) is 15.4. The number of fused-ring (bicyclic) bond motifs is 1. The summed E-state index contributed by atoms with van der Waals surface area (Å²) < 4.78 is 11.2. The number of hydrogen-bond acceptors (Lipinski definition) is 6. The van der Waals surface area contributed by atoms with Gasteiger partial charge >= 0.3 is 0 Å². The Balaban J connectivity index is 2.27. The van der Waals surface area contributed by atoms with Gasteiger partial charge < -0.3 is 10.6 Å². The van der Waals surface area contributed by atoms with Crippen LogP contribution in [-0.2, 0) is 17.2 Å². The minimum Gasteiger partial charge on any atom is -0.367 e. The zero-order valence-corrected chi connectivity index (χ0v) is 14.5. The van der Waals surface area contributed by atoms with Crippen molar-refractivity contribution in [1.82, 2.24) is 9.97 Å². The third-order valence-corrected chi connectivity index (χ3v) is 5.22. The van der Waals surface area contributed by atoms with Gasteiger partial charge in [-0.25, -0.2) is 4.98 Å². The van der Waals surface area contributed by atoms with E-state index < -0.39 is 10.8 Å². The van der Waals surface area contributed by atoms with Gasteiger partial charge in [-0.15, -0.1) is 11.3 Å². The summed E-state index contributed by atoms with van der Waals surface area (Å²) in [7, 11) is 1.06. The Kier molecular flexibility index (Phi) is 5.52. The van der Waals surface area contributed by atoms with E-state index in [9.17, 15) is 4.21 Å². The molecule has 0 spiro atoms. The molecule has 0 aliphatic rings. The van der Waals surface area contributed by atoms with Gasteiger partial charge in [0, 0.05) is 40.8 Å². The molecule has 2 unspecified atom stereocenters. The first-order valence-electron chi connectivity index (χ1n) is 7.08. The molecular weight excluding hydrogens is 304 g/mol. The van der Waals surface area contributed by atoms with Crippen molar-refractivity contribution in [1.29, 1.82) is 0 Å². The van der Waals surface area contributed by atoms with Crippen LogP contribution in [0.3, 0.4) is 0 Å². The Morgan fingerprint density at radius 1 is 1.43 bits per heavy atom. The molecular formula is C14H22N4OS2. The number of aromatic nitrogens is 2. The highest BCUT2D eigenvalue weighted by atomic mass is 32.2. The van der Waals surface area contributed by atoms with Crippen LogP contribution in [-0.4, -0.2) is 39.3 Å². The maximum absolute atomic E-state index is 11.2. The molecule has 116 valence electrons. The van der Waals surface area contributed by atoms with Gasteiger partial charge in [0.1, 0.15) is 10.6 Å². The maximum atomic E-state index is 11.2. The van der Waals surface area contributed by atoms with Crippen molar-refractivity contribution in [2.24, 2.45) is 0 Å². The second kappa shape index (κ2) is 7.17. The molecule has 5 nitrogen and oxygen atoms in total. The van der Waals surface area contributed by atoms with Crippen LogP contribution >= 0.6 is 11.3 Å². The summed E-state index contributed by atoms with van der Waals surface area (Å²) in [4.78, 5) is 11.3. The predicted molar refractivity (Wildman–Crippen MR) is 93.0 cm³/mol. The van der Waals surface area contributed by atoms with Gasteiger partial charge in [-0.1, -0.05) is 6.92 Å². The van der Waals surface area contributed by atoms with Crippen LogP contribution in [0, 0.1) is 0 Å². The van der Waals surface area contributed by atoms with Crippen molar-refractivity contribution in [2.75, 3.05) is 29.7 Å². The number of thiophene rings is 1. The topological polar surface area (TPSA) is 66.9 Å². The number of aryl methyl sites for hydroxylation is 1. The SMILES string of the molecule is CCc1cc2c(NC(C)CCS(C)=O)nc(NC)nc2s1. The molecule has 2 atom stereocenters. The molecule has 0 aliphatic carbocycles. The lowest BCUT2D eigenvalue weighted by Crippen LogP contribution is -2.19. The lowest BCUT2D eigenvalue weighted by Gasteiger charge is -2.15. The summed E-state index contributed by atoms with van der Waals surface area (Å²) in [5.41, 5.74) is 0. The van der Waals surface area contributed by atoms with Gasteiger partial charge in [-0.3, -0.25) is 4.21 Å². The smallest absolute Gasteiger partial charge is 0.225 e. The lowest BCUT2D eigenvalue weighted by atomic mass is 10.2. The molecule has 7 heteroatoms. The molecule has 2 aromatic rings. The van der Waals surface area contributed by atoms with Crippen molar-refractivity contribution in [3.63, 3.8) is 0 Å². The van der Waals surface area contributed by atoms with Crippen LogP contribution in [0.1, 0.15) is 25.1 Å². The fourth-order valence-electron chi connectivity index (χ4n) is 2.02. The van der Waals surface area contributed by atoms with Gasteiger partial charge in [0.15, 0.2) is 0 Å². The molecule has 2 aromatic heterocycles. The zero-order valence-electron chi connectivity index (χ0n) is 12.9. The van der Waals surface area contributed by atoms with Crippen molar-refractivity contribution in [3.8, 4) is 0 Å². The first-order valence-corrected chi connectivity index (χ1v) is 9.62. The fraction of sp³-hybridized carbons (Fsp3) is 0.571. The minimum atomic E-state index is -0.758. The molecule has 0 fully saturated rings. The van der Waals surface area contributed by atoms with Gasteiger partial charge in [0.25, 0.3) is 0 Å². The first-order chi connectivity index (χ1) is 10.0. The molecule has 0 bridgehead atoms. The van der Waals surface area contributed by atoms with Crippen molar-refractivity contribution in [3.05, 3.63) is 10.9 Å². The molecule has 2 N–H and O–H groups in total. The largest absolute Gasteiger partial charge is 0.367 e. The second-order valence-corrected chi connectivity index (χ2v) is 7.71. The van der Waals surface area contributed by atoms with Crippen LogP contribution in [0.2, 0.25) is 0 Å². The van der Waals surface area contributed by atoms with Crippen molar-refractivity contribution < 1.29 is 4.21 Å². The van der Waals surface area contributed by atoms with Gasteiger partial charge in [0.05, 0.1) is 5.39 Å². The Morgan fingerprint density at radius 2 is 2.19 bits per heavy atom. The lowest BCUT2D eigenvalue weighted by molar-refractivity contribution is 0.678. The molecule has 0 amide bonds. The summed E-state index contributed by atoms with van der Waals surface area (Å²) in [5, 5.41) is 7.51. The van der Waals surface area contributed by atoms with Gasteiger partial charge in [-0.2, -0.15) is 4.98 Å². The average Bonchev–Trinajstić information content (AvgIpc) is 2.88. The van der Waals surface area contributed by atoms with Crippen LogP contribution < -0.4 is 10.6 Å². The van der Waals surface area contributed by atoms with Gasteiger partial charge in [-0.05, 0) is 25.8 Å². The van der Waals surface area contributed by atoms with Gasteiger partial charge in [0.2, 0.25) is 5.95 Å². The van der Waals surface area contributed by atoms with Crippen LogP contribution in [0.4, 0.5) is 11.8 Å². The minimum absolute atomic E-state index is 0.224. The molecule has 0 aromatic carbocycles. The highest BCUT2D eigenvalue weighted by Crippen LogP contribution is 2.30. The average molecular weight is 326 g/mol. The monoisotopic (exact) mass is 326 g/mol. The summed E-state index contributed by atoms with van der Waals surface area (Å²) in [5.74, 6) is 2.18. The number of nitrogens with one attached hydrogen (secondary N) is 2. The Labute approximate surface area is 132 Å². The number of hydrogen-bond donors (Lipinski definition) is 2. The van der Waals surface area contributed by atoms with E-state index in [0.717, 1.165) is 28.9 Å². The molecule has 2 rings (SSSR count). The summed E-state index contributed by atoms with van der Waals surface area (Å²) >= 11 is 1.71. The highest BCUT2D eigenvalue weighted by Gasteiger charge is 2.13. The summed E-state index contributed by atoms with van der Waals surface area (Å²) in [6, 6.07) is 2.38. The molecule has 0 aliphatic heterocycles. The van der Waals surface area contributed by atoms with E-state index in [1.54, 1.807) is 17.6 Å². The van der Waals surface area contributed by atoms with E-state index in [4.69, 9.17) is 0 Å². The Morgan fingerprint density at radius 3 is 2.81 bits per heavy atom. The molecule has 2 heterocycles. The van der Waals surface area contributed by atoms with E-state index in [1.807, 2.05) is 7.05 Å². The van der Waals surface area contributed by atoms with Crippen LogP contribution in [0.5, 0.6) is 0 Å². The third kappa shape index (κ3) is 4.14. The molecule has 0 radical (unpaired) electrons. The van der Waals surface area contributed by atoms with E-state index in [2.05, 4.69) is 40.5 Å². The number of rotatable bonds is 7. The predicted octanol–water partition coefficient (Wildman–Crippen LogP) is 2.86. The quantitative estimate of drug-likeness (QED) is 0.819. The van der Waals surface area contributed by atoms with E-state index in [1.165, 1.54) is 4.88 Å². The molecule has 21 heavy (non-hydrogen) atoms. The van der Waals surface area contributed by atoms with E-state index in [-0.39, 0.29) is 6.04 Å². The fourth-order valence-corrected chi connectivity index (χ4v) is 3.67. The summed E-state index contributed by atoms with van der Waals surface area (Å²) in [6.07, 6.45) is 3.59. The second-order valence-electron chi connectivity index (χ2n) is 5.04. The van der Waals surface area contributed by atoms with Crippen molar-refractivity contribution in [2.45, 2.75) is 32.7 Å². The van der Waals surface area contributed by atoms with Crippen LogP contribution in [0.25, 0.3) is 10.2 Å². The van der Waals surface area contributed by atoms with Crippen LogP contribution in [0.15, 0.2) is 6.07 Å². The van der Waals surface area contributed by atoms with Crippen molar-refractivity contribution >= 4 is 44.1 Å². The Bertz CT molecular complexity index is 641. The standard InChI is InChI=1S/C14H22N4OS2/c1-5-10-8-11-12(16-9(2)6-7-21(4)19)17-14(15-3)18-13(11)20-10/h8-9H,5-7H2,1-4H3,(H2,15,16,17,18). The number of nitrogens with zero attached hydrogens (tertiary/aromatic N) is 2. The molecule has 0 saturated heterocycles. The Hall–Kier alpha value is -1.21. The third-order valence-electron chi connectivity index (χ3n) is 3.24. The first kappa shape index (κ1) is 16.2. The normalized spacial score (nSPS) is 14.1. The molecule has 0 saturated carbocycles. The highest BCUT2D eigenvalue weighted by molar-refractivity contribution is 7.84.